The highest BCUT2D eigenvalue weighted by Gasteiger charge is 2.12. The number of benzene rings is 1. The molecule has 0 fully saturated rings. The topological polar surface area (TPSA) is 12.0 Å². The van der Waals surface area contributed by atoms with Crippen LogP contribution in [0, 0.1) is 12.7 Å². The van der Waals surface area contributed by atoms with Crippen molar-refractivity contribution in [2.75, 3.05) is 0 Å². The Labute approximate surface area is 112 Å². The van der Waals surface area contributed by atoms with Gasteiger partial charge in [0.2, 0.25) is 0 Å². The lowest BCUT2D eigenvalue weighted by Gasteiger charge is -2.19. The van der Waals surface area contributed by atoms with E-state index in [1.54, 1.807) is 23.5 Å². The second-order valence-corrected chi connectivity index (χ2v) is 5.93. The lowest BCUT2D eigenvalue weighted by atomic mass is 10.1. The Morgan fingerprint density at radius 1 is 1.11 bits per heavy atom. The zero-order chi connectivity index (χ0) is 13.1. The molecule has 2 rings (SSSR count). The SMILES string of the molecule is Cc1ccc(C(C)N[C@@H](C)c2cccc(F)c2)s1. The van der Waals surface area contributed by atoms with Crippen molar-refractivity contribution in [1.29, 1.82) is 0 Å². The van der Waals surface area contributed by atoms with E-state index in [1.807, 2.05) is 6.07 Å². The predicted octanol–water partition coefficient (Wildman–Crippen LogP) is 4.61. The van der Waals surface area contributed by atoms with E-state index in [-0.39, 0.29) is 17.9 Å². The molecule has 0 saturated carbocycles. The van der Waals surface area contributed by atoms with Gasteiger partial charge in [-0.05, 0) is 50.6 Å². The summed E-state index contributed by atoms with van der Waals surface area (Å²) < 4.78 is 13.2. The normalized spacial score (nSPS) is 14.4. The molecule has 18 heavy (non-hydrogen) atoms. The van der Waals surface area contributed by atoms with Crippen molar-refractivity contribution in [3.8, 4) is 0 Å². The van der Waals surface area contributed by atoms with Gasteiger partial charge in [0.05, 0.1) is 0 Å². The van der Waals surface area contributed by atoms with E-state index in [9.17, 15) is 4.39 Å². The molecule has 3 heteroatoms. The molecule has 1 heterocycles. The highest BCUT2D eigenvalue weighted by molar-refractivity contribution is 7.12. The molecule has 0 bridgehead atoms. The first-order valence-electron chi connectivity index (χ1n) is 6.14. The third kappa shape index (κ3) is 3.18. The molecular weight excluding hydrogens is 245 g/mol. The number of nitrogens with one attached hydrogen (secondary N) is 1. The van der Waals surface area contributed by atoms with E-state index in [2.05, 4.69) is 38.2 Å². The van der Waals surface area contributed by atoms with Gasteiger partial charge in [0.15, 0.2) is 0 Å². The van der Waals surface area contributed by atoms with Gasteiger partial charge in [0, 0.05) is 21.8 Å². The quantitative estimate of drug-likeness (QED) is 0.849. The van der Waals surface area contributed by atoms with Crippen LogP contribution in [0.5, 0.6) is 0 Å². The summed E-state index contributed by atoms with van der Waals surface area (Å²) in [5.41, 5.74) is 0.982. The van der Waals surface area contributed by atoms with Crippen LogP contribution in [0.25, 0.3) is 0 Å². The summed E-state index contributed by atoms with van der Waals surface area (Å²) in [6, 6.07) is 11.5. The Bertz CT molecular complexity index is 521. The van der Waals surface area contributed by atoms with E-state index < -0.39 is 0 Å². The minimum atomic E-state index is -0.180. The monoisotopic (exact) mass is 263 g/mol. The first-order valence-corrected chi connectivity index (χ1v) is 6.96. The Kier molecular flexibility index (Phi) is 4.15. The van der Waals surface area contributed by atoms with Gasteiger partial charge >= 0.3 is 0 Å². The number of aryl methyl sites for hydroxylation is 1. The van der Waals surface area contributed by atoms with Crippen molar-refractivity contribution in [2.45, 2.75) is 32.9 Å². The van der Waals surface area contributed by atoms with Gasteiger partial charge in [-0.25, -0.2) is 4.39 Å². The van der Waals surface area contributed by atoms with Crippen molar-refractivity contribution in [2.24, 2.45) is 0 Å². The summed E-state index contributed by atoms with van der Waals surface area (Å²) in [6.45, 7) is 6.31. The van der Waals surface area contributed by atoms with Crippen LogP contribution in [0.3, 0.4) is 0 Å². The summed E-state index contributed by atoms with van der Waals surface area (Å²) in [6.07, 6.45) is 0. The zero-order valence-corrected chi connectivity index (χ0v) is 11.7. The van der Waals surface area contributed by atoms with Crippen LogP contribution in [-0.4, -0.2) is 0 Å². The molecule has 0 aliphatic rings. The van der Waals surface area contributed by atoms with Crippen LogP contribution in [0.1, 0.15) is 41.2 Å². The Morgan fingerprint density at radius 2 is 1.89 bits per heavy atom. The molecule has 1 nitrogen and oxygen atoms in total. The highest BCUT2D eigenvalue weighted by Crippen LogP contribution is 2.25. The standard InChI is InChI=1S/C15H18FNS/c1-10-7-8-15(18-10)12(3)17-11(2)13-5-4-6-14(16)9-13/h4-9,11-12,17H,1-3H3/t11-,12?/m0/s1. The predicted molar refractivity (Wildman–Crippen MR) is 75.4 cm³/mol. The lowest BCUT2D eigenvalue weighted by Crippen LogP contribution is -2.21. The smallest absolute Gasteiger partial charge is 0.123 e. The second kappa shape index (κ2) is 5.63. The van der Waals surface area contributed by atoms with Crippen molar-refractivity contribution in [3.05, 3.63) is 57.5 Å². The average Bonchev–Trinajstić information content (AvgIpc) is 2.76. The minimum absolute atomic E-state index is 0.137. The molecule has 0 saturated heterocycles. The lowest BCUT2D eigenvalue weighted by molar-refractivity contribution is 0.497. The van der Waals surface area contributed by atoms with Gasteiger partial charge in [0.25, 0.3) is 0 Å². The third-order valence-corrected chi connectivity index (χ3v) is 4.22. The highest BCUT2D eigenvalue weighted by atomic mass is 32.1. The molecule has 0 spiro atoms. The average molecular weight is 263 g/mol. The van der Waals surface area contributed by atoms with E-state index in [0.29, 0.717) is 0 Å². The van der Waals surface area contributed by atoms with E-state index in [0.717, 1.165) is 5.56 Å². The molecule has 1 unspecified atom stereocenters. The summed E-state index contributed by atoms with van der Waals surface area (Å²) in [5.74, 6) is -0.180. The molecule has 2 atom stereocenters. The molecule has 0 amide bonds. The Hall–Kier alpha value is -1.19. The molecule has 0 radical (unpaired) electrons. The van der Waals surface area contributed by atoms with Crippen LogP contribution < -0.4 is 5.32 Å². The molecule has 0 aliphatic heterocycles. The van der Waals surface area contributed by atoms with Crippen molar-refractivity contribution in [1.82, 2.24) is 5.32 Å². The van der Waals surface area contributed by atoms with Gasteiger partial charge in [0.1, 0.15) is 5.82 Å². The first kappa shape index (κ1) is 13.2. The number of rotatable bonds is 4. The summed E-state index contributed by atoms with van der Waals surface area (Å²) >= 11 is 1.80. The maximum absolute atomic E-state index is 13.2. The fourth-order valence-electron chi connectivity index (χ4n) is 2.02. The fraction of sp³-hybridized carbons (Fsp3) is 0.333. The first-order chi connectivity index (χ1) is 8.56. The van der Waals surface area contributed by atoms with Crippen LogP contribution in [0.15, 0.2) is 36.4 Å². The van der Waals surface area contributed by atoms with Crippen molar-refractivity contribution >= 4 is 11.3 Å². The van der Waals surface area contributed by atoms with Crippen LogP contribution >= 0.6 is 11.3 Å². The molecular formula is C15H18FNS. The van der Waals surface area contributed by atoms with Gasteiger partial charge in [-0.3, -0.25) is 0 Å². The van der Waals surface area contributed by atoms with Crippen molar-refractivity contribution < 1.29 is 4.39 Å². The van der Waals surface area contributed by atoms with Gasteiger partial charge in [-0.15, -0.1) is 11.3 Å². The van der Waals surface area contributed by atoms with Gasteiger partial charge < -0.3 is 5.32 Å². The number of hydrogen-bond acceptors (Lipinski definition) is 2. The minimum Gasteiger partial charge on any atom is -0.303 e. The fourth-order valence-corrected chi connectivity index (χ4v) is 2.90. The molecule has 1 N–H and O–H groups in total. The Balaban J connectivity index is 2.05. The maximum atomic E-state index is 13.2. The summed E-state index contributed by atoms with van der Waals surface area (Å²) in [7, 11) is 0. The van der Waals surface area contributed by atoms with Crippen LogP contribution in [0.4, 0.5) is 4.39 Å². The van der Waals surface area contributed by atoms with Crippen LogP contribution in [0.2, 0.25) is 0 Å². The van der Waals surface area contributed by atoms with E-state index in [4.69, 9.17) is 0 Å². The largest absolute Gasteiger partial charge is 0.303 e. The Morgan fingerprint density at radius 3 is 2.50 bits per heavy atom. The zero-order valence-electron chi connectivity index (χ0n) is 10.9. The molecule has 0 aliphatic carbocycles. The number of halogens is 1. The van der Waals surface area contributed by atoms with E-state index in [1.165, 1.54) is 15.8 Å². The van der Waals surface area contributed by atoms with Gasteiger partial charge in [-0.1, -0.05) is 12.1 Å². The molecule has 2 aromatic rings. The molecule has 1 aromatic carbocycles. The second-order valence-electron chi connectivity index (χ2n) is 4.61. The number of hydrogen-bond donors (Lipinski definition) is 1. The van der Waals surface area contributed by atoms with Crippen molar-refractivity contribution in [3.63, 3.8) is 0 Å². The maximum Gasteiger partial charge on any atom is 0.123 e. The summed E-state index contributed by atoms with van der Waals surface area (Å²) in [5, 5.41) is 3.50. The summed E-state index contributed by atoms with van der Waals surface area (Å²) in [4.78, 5) is 2.63. The van der Waals surface area contributed by atoms with E-state index >= 15 is 0 Å². The molecule has 96 valence electrons. The third-order valence-electron chi connectivity index (χ3n) is 3.04. The van der Waals surface area contributed by atoms with Crippen LogP contribution in [-0.2, 0) is 0 Å². The molecule has 1 aromatic heterocycles. The van der Waals surface area contributed by atoms with Gasteiger partial charge in [-0.2, -0.15) is 0 Å². The number of thiophene rings is 1.